The van der Waals surface area contributed by atoms with Crippen LogP contribution < -0.4 is 23.7 Å². The summed E-state index contributed by atoms with van der Waals surface area (Å²) in [5.41, 5.74) is 6.74. The van der Waals surface area contributed by atoms with Crippen molar-refractivity contribution in [1.29, 1.82) is 0 Å². The van der Waals surface area contributed by atoms with Crippen LogP contribution in [0.1, 0.15) is 58.8 Å². The molecule has 4 aliphatic rings. The fraction of sp³-hybridized carbons (Fsp3) is 0.390. The minimum absolute atomic E-state index is 0.0104. The normalized spacial score (nSPS) is 21.8. The maximum Gasteiger partial charge on any atom is 0.362 e. The second kappa shape index (κ2) is 13.5. The van der Waals surface area contributed by atoms with E-state index in [9.17, 15) is 9.90 Å². The fourth-order valence-corrected chi connectivity index (χ4v) is 8.44. The lowest BCUT2D eigenvalue weighted by molar-refractivity contribution is -0.956. The number of carbonyl (C=O) groups is 1. The molecule has 4 aromatic rings. The highest BCUT2D eigenvalue weighted by Gasteiger charge is 2.47. The number of ether oxygens (including phenoxy) is 5. The average molecular weight is 680 g/mol. The average Bonchev–Trinajstić information content (AvgIpc) is 3.11. The van der Waals surface area contributed by atoms with Gasteiger partial charge in [0.1, 0.15) is 23.3 Å². The number of aliphatic carboxylic acids is 1. The van der Waals surface area contributed by atoms with Crippen molar-refractivity contribution in [1.82, 2.24) is 4.90 Å². The van der Waals surface area contributed by atoms with Crippen molar-refractivity contribution in [2.45, 2.75) is 57.2 Å². The van der Waals surface area contributed by atoms with Crippen LogP contribution in [0.5, 0.6) is 40.2 Å². The molecule has 0 aliphatic carbocycles. The Morgan fingerprint density at radius 1 is 0.860 bits per heavy atom. The standard InChI is InChI=1S/C41H46N2O7/c1-7-33(41(44)45)43(3)17-15-27-22-36(48-6)38-24-31(27)34(43)19-25-8-11-29(12-9-25)49-37-20-26(10-13-35(37)47-5)18-32-40-28(14-16-42(32)2)21-30(46-4)23-39(40)50-38/h8-13,20-24,32-34H,7,14-19H2,1-6H3/p+1. The van der Waals surface area contributed by atoms with E-state index in [1.165, 1.54) is 5.56 Å². The molecule has 4 aromatic carbocycles. The summed E-state index contributed by atoms with van der Waals surface area (Å²) >= 11 is 0. The first-order valence-electron chi connectivity index (χ1n) is 17.5. The molecule has 4 atom stereocenters. The van der Waals surface area contributed by atoms with Gasteiger partial charge >= 0.3 is 5.97 Å². The lowest BCUT2D eigenvalue weighted by atomic mass is 9.84. The Hall–Kier alpha value is -4.73. The van der Waals surface area contributed by atoms with Crippen LogP contribution >= 0.6 is 0 Å². The van der Waals surface area contributed by atoms with Crippen LogP contribution in [0.25, 0.3) is 0 Å². The Labute approximate surface area is 294 Å². The number of likely N-dealkylation sites (N-methyl/N-ethyl adjacent to an activating group) is 2. The first kappa shape index (κ1) is 33.8. The number of hydrogen-bond donors (Lipinski definition) is 1. The number of rotatable bonds is 6. The zero-order chi connectivity index (χ0) is 35.2. The first-order chi connectivity index (χ1) is 24.1. The topological polar surface area (TPSA) is 86.7 Å². The number of carboxylic acid groups (broad SMARTS) is 1. The molecule has 0 saturated carbocycles. The Bertz CT molecular complexity index is 1910. The van der Waals surface area contributed by atoms with Gasteiger partial charge < -0.3 is 33.3 Å². The second-order valence-corrected chi connectivity index (χ2v) is 14.0. The van der Waals surface area contributed by atoms with Crippen LogP contribution in [0, 0.1) is 0 Å². The van der Waals surface area contributed by atoms with Gasteiger partial charge in [0, 0.05) is 49.0 Å². The largest absolute Gasteiger partial charge is 0.497 e. The van der Waals surface area contributed by atoms with Crippen LogP contribution in [-0.4, -0.2) is 75.0 Å². The number of fused-ring (bicyclic) bond motifs is 2. The van der Waals surface area contributed by atoms with Crippen LogP contribution in [0.4, 0.5) is 0 Å². The molecule has 9 nitrogen and oxygen atoms in total. The molecule has 0 radical (unpaired) electrons. The van der Waals surface area contributed by atoms with Gasteiger partial charge in [0.15, 0.2) is 29.0 Å². The number of hydrogen-bond acceptors (Lipinski definition) is 7. The highest BCUT2D eigenvalue weighted by molar-refractivity contribution is 5.72. The molecular formula is C41H47N2O7+. The van der Waals surface area contributed by atoms with Gasteiger partial charge in [-0.05, 0) is 84.6 Å². The summed E-state index contributed by atoms with van der Waals surface area (Å²) in [6, 6.07) is 21.9. The molecule has 0 saturated heterocycles. The van der Waals surface area contributed by atoms with Gasteiger partial charge in [0.2, 0.25) is 0 Å². The minimum atomic E-state index is -0.777. The fourth-order valence-electron chi connectivity index (χ4n) is 8.44. The summed E-state index contributed by atoms with van der Waals surface area (Å²) in [4.78, 5) is 15.2. The van der Waals surface area contributed by atoms with Crippen LogP contribution in [-0.2, 0) is 30.5 Å². The Kier molecular flexibility index (Phi) is 9.13. The molecular weight excluding hydrogens is 632 g/mol. The SMILES string of the molecule is CCC(C(=O)O)[N+]1(C)CCc2cc(OC)c3cc2C1Cc1ccc(cc1)Oc1cc(ccc1OC)CC1c2c(cc(OC)cc2O3)CCN1C. The number of carboxylic acids is 1. The van der Waals surface area contributed by atoms with Gasteiger partial charge in [-0.1, -0.05) is 25.1 Å². The van der Waals surface area contributed by atoms with Crippen LogP contribution in [0.15, 0.2) is 66.7 Å². The van der Waals surface area contributed by atoms with E-state index in [0.29, 0.717) is 52.6 Å². The number of quaternary nitrogens is 1. The summed E-state index contributed by atoms with van der Waals surface area (Å²) < 4.78 is 31.4. The summed E-state index contributed by atoms with van der Waals surface area (Å²) in [6.45, 7) is 3.55. The van der Waals surface area contributed by atoms with E-state index < -0.39 is 12.0 Å². The van der Waals surface area contributed by atoms with Crippen molar-refractivity contribution in [3.63, 3.8) is 0 Å². The van der Waals surface area contributed by atoms with E-state index in [0.717, 1.165) is 65.1 Å². The van der Waals surface area contributed by atoms with Gasteiger partial charge in [0.05, 0.1) is 34.9 Å². The maximum atomic E-state index is 12.8. The predicted octanol–water partition coefficient (Wildman–Crippen LogP) is 7.53. The van der Waals surface area contributed by atoms with Crippen LogP contribution in [0.2, 0.25) is 0 Å². The molecule has 0 fully saturated rings. The summed E-state index contributed by atoms with van der Waals surface area (Å²) in [6.07, 6.45) is 3.47. The minimum Gasteiger partial charge on any atom is -0.497 e. The zero-order valence-corrected chi connectivity index (χ0v) is 29.8. The Morgan fingerprint density at radius 2 is 1.60 bits per heavy atom. The molecule has 0 spiro atoms. The third kappa shape index (κ3) is 6.03. The van der Waals surface area contributed by atoms with Gasteiger partial charge in [-0.25, -0.2) is 4.79 Å². The number of benzene rings is 4. The Morgan fingerprint density at radius 3 is 2.30 bits per heavy atom. The molecule has 0 aromatic heterocycles. The predicted molar refractivity (Wildman–Crippen MR) is 191 cm³/mol. The molecule has 9 heteroatoms. The van der Waals surface area contributed by atoms with E-state index in [1.54, 1.807) is 21.3 Å². The van der Waals surface area contributed by atoms with E-state index >= 15 is 0 Å². The molecule has 4 unspecified atom stereocenters. The lowest BCUT2D eigenvalue weighted by Crippen LogP contribution is -2.60. The third-order valence-electron chi connectivity index (χ3n) is 11.2. The molecule has 4 aliphatic heterocycles. The Balaban J connectivity index is 1.46. The molecule has 6 bridgehead atoms. The molecule has 8 rings (SSSR count). The summed E-state index contributed by atoms with van der Waals surface area (Å²) in [5.74, 6) is 3.95. The zero-order valence-electron chi connectivity index (χ0n) is 29.8. The van der Waals surface area contributed by atoms with E-state index in [2.05, 4.69) is 61.5 Å². The van der Waals surface area contributed by atoms with E-state index in [4.69, 9.17) is 23.7 Å². The van der Waals surface area contributed by atoms with Gasteiger partial charge in [-0.15, -0.1) is 0 Å². The van der Waals surface area contributed by atoms with Crippen molar-refractivity contribution < 1.29 is 38.1 Å². The van der Waals surface area contributed by atoms with Crippen molar-refractivity contribution >= 4 is 5.97 Å². The maximum absolute atomic E-state index is 12.8. The first-order valence-corrected chi connectivity index (χ1v) is 17.5. The molecule has 4 heterocycles. The van der Waals surface area contributed by atoms with Crippen molar-refractivity contribution in [3.05, 3.63) is 100 Å². The van der Waals surface area contributed by atoms with Crippen molar-refractivity contribution in [3.8, 4) is 40.2 Å². The number of methoxy groups -OCH3 is 3. The smallest absolute Gasteiger partial charge is 0.362 e. The quantitative estimate of drug-likeness (QED) is 0.210. The monoisotopic (exact) mass is 679 g/mol. The highest BCUT2D eigenvalue weighted by atomic mass is 16.5. The van der Waals surface area contributed by atoms with Crippen LogP contribution in [0.3, 0.4) is 0 Å². The van der Waals surface area contributed by atoms with Gasteiger partial charge in [-0.3, -0.25) is 4.90 Å². The number of nitrogens with zero attached hydrogens (tertiary/aromatic N) is 2. The van der Waals surface area contributed by atoms with E-state index in [-0.39, 0.29) is 12.1 Å². The van der Waals surface area contributed by atoms with Gasteiger partial charge in [-0.2, -0.15) is 0 Å². The lowest BCUT2D eigenvalue weighted by Gasteiger charge is -2.49. The molecule has 1 N–H and O–H groups in total. The highest BCUT2D eigenvalue weighted by Crippen LogP contribution is 2.48. The summed E-state index contributed by atoms with van der Waals surface area (Å²) in [7, 11) is 9.27. The molecule has 50 heavy (non-hydrogen) atoms. The molecule has 0 amide bonds. The summed E-state index contributed by atoms with van der Waals surface area (Å²) in [5, 5.41) is 10.5. The molecule has 262 valence electrons. The second-order valence-electron chi connectivity index (χ2n) is 14.0. The van der Waals surface area contributed by atoms with Crippen molar-refractivity contribution in [2.24, 2.45) is 0 Å². The van der Waals surface area contributed by atoms with Crippen molar-refractivity contribution in [2.75, 3.05) is 48.5 Å². The van der Waals surface area contributed by atoms with E-state index in [1.807, 2.05) is 31.2 Å². The third-order valence-corrected chi connectivity index (χ3v) is 11.2. The van der Waals surface area contributed by atoms with Gasteiger partial charge in [0.25, 0.3) is 0 Å².